The highest BCUT2D eigenvalue weighted by molar-refractivity contribution is 7.17. The van der Waals surface area contributed by atoms with E-state index in [0.717, 1.165) is 37.1 Å². The number of carboxylic acids is 1. The molecular formula is C10H12N2O2S. The van der Waals surface area contributed by atoms with E-state index >= 15 is 0 Å². The molecule has 80 valence electrons. The summed E-state index contributed by atoms with van der Waals surface area (Å²) in [6.45, 7) is 0.772. The number of carboxylic acid groups (broad SMARTS) is 1. The average molecular weight is 224 g/mol. The number of unbranched alkanes of at least 4 members (excludes halogenated alkanes) is 2. The number of aromatic carboxylic acids is 1. The molecular weight excluding hydrogens is 212 g/mol. The zero-order valence-electron chi connectivity index (χ0n) is 8.19. The fraction of sp³-hybridized carbons (Fsp3) is 0.400. The summed E-state index contributed by atoms with van der Waals surface area (Å²) in [5.41, 5.74) is 0. The van der Waals surface area contributed by atoms with Gasteiger partial charge in [-0.05, 0) is 12.8 Å². The number of nitrogens with one attached hydrogen (secondary N) is 1. The summed E-state index contributed by atoms with van der Waals surface area (Å²) >= 11 is 1.14. The molecule has 1 aromatic heterocycles. The van der Waals surface area contributed by atoms with Crippen LogP contribution < -0.4 is 5.32 Å². The molecule has 1 rings (SSSR count). The van der Waals surface area contributed by atoms with Crippen LogP contribution in [-0.4, -0.2) is 22.6 Å². The van der Waals surface area contributed by atoms with Gasteiger partial charge in [-0.1, -0.05) is 11.3 Å². The predicted octanol–water partition coefficient (Wildman–Crippen LogP) is 2.06. The summed E-state index contributed by atoms with van der Waals surface area (Å²) in [4.78, 5) is 14.7. The summed E-state index contributed by atoms with van der Waals surface area (Å²) in [5, 5.41) is 12.4. The van der Waals surface area contributed by atoms with Gasteiger partial charge in [-0.25, -0.2) is 9.78 Å². The fourth-order valence-electron chi connectivity index (χ4n) is 1.00. The number of thiazole rings is 1. The highest BCUT2D eigenvalue weighted by atomic mass is 32.1. The Morgan fingerprint density at radius 3 is 3.07 bits per heavy atom. The zero-order chi connectivity index (χ0) is 11.1. The predicted molar refractivity (Wildman–Crippen MR) is 60.2 cm³/mol. The Balaban J connectivity index is 2.26. The number of hydrogen-bond acceptors (Lipinski definition) is 4. The quantitative estimate of drug-likeness (QED) is 0.573. The third-order valence-electron chi connectivity index (χ3n) is 1.74. The second-order valence-corrected chi connectivity index (χ2v) is 3.95. The van der Waals surface area contributed by atoms with E-state index in [-0.39, 0.29) is 4.88 Å². The molecule has 0 atom stereocenters. The SMILES string of the molecule is C#CCCCCNc1ncc(C(=O)O)s1. The molecule has 5 heteroatoms. The Labute approximate surface area is 92.4 Å². The van der Waals surface area contributed by atoms with Crippen LogP contribution in [0.2, 0.25) is 0 Å². The molecule has 2 N–H and O–H groups in total. The maximum absolute atomic E-state index is 10.5. The largest absolute Gasteiger partial charge is 0.477 e. The second-order valence-electron chi connectivity index (χ2n) is 2.92. The highest BCUT2D eigenvalue weighted by Crippen LogP contribution is 2.17. The van der Waals surface area contributed by atoms with Crippen LogP contribution in [0.25, 0.3) is 0 Å². The molecule has 0 spiro atoms. The van der Waals surface area contributed by atoms with Gasteiger partial charge in [0.25, 0.3) is 0 Å². The van der Waals surface area contributed by atoms with Gasteiger partial charge in [0.2, 0.25) is 0 Å². The molecule has 0 bridgehead atoms. The summed E-state index contributed by atoms with van der Waals surface area (Å²) in [7, 11) is 0. The summed E-state index contributed by atoms with van der Waals surface area (Å²) in [6.07, 6.45) is 9.19. The monoisotopic (exact) mass is 224 g/mol. The number of carbonyl (C=O) groups is 1. The van der Waals surface area contributed by atoms with Crippen molar-refractivity contribution >= 4 is 22.4 Å². The molecule has 1 aromatic rings. The van der Waals surface area contributed by atoms with E-state index in [1.165, 1.54) is 6.20 Å². The van der Waals surface area contributed by atoms with Crippen LogP contribution in [0.3, 0.4) is 0 Å². The van der Waals surface area contributed by atoms with Crippen molar-refractivity contribution < 1.29 is 9.90 Å². The van der Waals surface area contributed by atoms with Gasteiger partial charge in [-0.15, -0.1) is 12.3 Å². The van der Waals surface area contributed by atoms with Crippen LogP contribution in [0.5, 0.6) is 0 Å². The molecule has 0 amide bonds. The summed E-state index contributed by atoms with van der Waals surface area (Å²) in [6, 6.07) is 0. The average Bonchev–Trinajstić information content (AvgIpc) is 2.66. The molecule has 0 aromatic carbocycles. The lowest BCUT2D eigenvalue weighted by Crippen LogP contribution is -2.00. The van der Waals surface area contributed by atoms with Crippen molar-refractivity contribution in [2.45, 2.75) is 19.3 Å². The molecule has 15 heavy (non-hydrogen) atoms. The first-order valence-electron chi connectivity index (χ1n) is 4.60. The minimum atomic E-state index is -0.937. The van der Waals surface area contributed by atoms with Crippen LogP contribution >= 0.6 is 11.3 Å². The Kier molecular flexibility index (Phi) is 4.64. The number of hydrogen-bond donors (Lipinski definition) is 2. The van der Waals surface area contributed by atoms with E-state index in [0.29, 0.717) is 5.13 Å². The van der Waals surface area contributed by atoms with Crippen molar-refractivity contribution in [2.75, 3.05) is 11.9 Å². The standard InChI is InChI=1S/C10H12N2O2S/c1-2-3-4-5-6-11-10-12-7-8(15-10)9(13)14/h1,7H,3-6H2,(H,11,12)(H,13,14). The van der Waals surface area contributed by atoms with E-state index in [1.807, 2.05) is 0 Å². The van der Waals surface area contributed by atoms with Gasteiger partial charge in [0.05, 0.1) is 6.20 Å². The van der Waals surface area contributed by atoms with Gasteiger partial charge < -0.3 is 10.4 Å². The van der Waals surface area contributed by atoms with Crippen molar-refractivity contribution in [3.05, 3.63) is 11.1 Å². The molecule has 0 fully saturated rings. The molecule has 0 aliphatic heterocycles. The van der Waals surface area contributed by atoms with E-state index < -0.39 is 5.97 Å². The first kappa shape index (κ1) is 11.5. The lowest BCUT2D eigenvalue weighted by molar-refractivity contribution is 0.0702. The third kappa shape index (κ3) is 4.00. The molecule has 0 saturated carbocycles. The van der Waals surface area contributed by atoms with E-state index in [2.05, 4.69) is 16.2 Å². The van der Waals surface area contributed by atoms with Crippen molar-refractivity contribution in [1.82, 2.24) is 4.98 Å². The Bertz CT molecular complexity index is 368. The van der Waals surface area contributed by atoms with E-state index in [4.69, 9.17) is 11.5 Å². The zero-order valence-corrected chi connectivity index (χ0v) is 9.01. The lowest BCUT2D eigenvalue weighted by Gasteiger charge is -1.99. The first-order chi connectivity index (χ1) is 7.24. The van der Waals surface area contributed by atoms with Crippen molar-refractivity contribution in [3.8, 4) is 12.3 Å². The smallest absolute Gasteiger partial charge is 0.347 e. The summed E-state index contributed by atoms with van der Waals surface area (Å²) in [5.74, 6) is 1.63. The van der Waals surface area contributed by atoms with Crippen molar-refractivity contribution in [1.29, 1.82) is 0 Å². The van der Waals surface area contributed by atoms with Gasteiger partial charge in [0.1, 0.15) is 4.88 Å². The first-order valence-corrected chi connectivity index (χ1v) is 5.42. The number of terminal acetylenes is 1. The molecule has 0 saturated heterocycles. The van der Waals surface area contributed by atoms with Crippen LogP contribution in [0.4, 0.5) is 5.13 Å². The molecule has 0 unspecified atom stereocenters. The number of rotatable bonds is 6. The van der Waals surface area contributed by atoms with Crippen molar-refractivity contribution in [2.24, 2.45) is 0 Å². The minimum absolute atomic E-state index is 0.251. The number of aromatic nitrogens is 1. The van der Waals surface area contributed by atoms with Crippen LogP contribution in [0.1, 0.15) is 28.9 Å². The van der Waals surface area contributed by atoms with Gasteiger partial charge in [0, 0.05) is 13.0 Å². The Morgan fingerprint density at radius 2 is 2.47 bits per heavy atom. The second kappa shape index (κ2) is 6.04. The van der Waals surface area contributed by atoms with Crippen LogP contribution in [0, 0.1) is 12.3 Å². The Hall–Kier alpha value is -1.54. The van der Waals surface area contributed by atoms with Crippen molar-refractivity contribution in [3.63, 3.8) is 0 Å². The third-order valence-corrected chi connectivity index (χ3v) is 2.68. The van der Waals surface area contributed by atoms with E-state index in [9.17, 15) is 4.79 Å². The van der Waals surface area contributed by atoms with Crippen LogP contribution in [-0.2, 0) is 0 Å². The van der Waals surface area contributed by atoms with Gasteiger partial charge in [-0.2, -0.15) is 0 Å². The lowest BCUT2D eigenvalue weighted by atomic mass is 10.2. The molecule has 4 nitrogen and oxygen atoms in total. The minimum Gasteiger partial charge on any atom is -0.477 e. The molecule has 1 heterocycles. The molecule has 0 radical (unpaired) electrons. The molecule has 0 aliphatic carbocycles. The number of anilines is 1. The van der Waals surface area contributed by atoms with Gasteiger partial charge in [-0.3, -0.25) is 0 Å². The topological polar surface area (TPSA) is 62.2 Å². The normalized spacial score (nSPS) is 9.53. The maximum atomic E-state index is 10.5. The summed E-state index contributed by atoms with van der Waals surface area (Å²) < 4.78 is 0. The van der Waals surface area contributed by atoms with E-state index in [1.54, 1.807) is 0 Å². The maximum Gasteiger partial charge on any atom is 0.347 e. The highest BCUT2D eigenvalue weighted by Gasteiger charge is 2.07. The Morgan fingerprint density at radius 1 is 1.67 bits per heavy atom. The number of nitrogens with zero attached hydrogens (tertiary/aromatic N) is 1. The van der Waals surface area contributed by atoms with Gasteiger partial charge in [0.15, 0.2) is 5.13 Å². The van der Waals surface area contributed by atoms with Crippen LogP contribution in [0.15, 0.2) is 6.20 Å². The van der Waals surface area contributed by atoms with Gasteiger partial charge >= 0.3 is 5.97 Å². The fourth-order valence-corrected chi connectivity index (χ4v) is 1.68. The molecule has 0 aliphatic rings.